The smallest absolute Gasteiger partial charge is 0.334 e. The molecule has 0 aliphatic carbocycles. The first-order valence-electron chi connectivity index (χ1n) is 4.26. The predicted molar refractivity (Wildman–Crippen MR) is 52.5 cm³/mol. The molecule has 0 heterocycles. The zero-order chi connectivity index (χ0) is 12.1. The highest BCUT2D eigenvalue weighted by Crippen LogP contribution is 2.23. The van der Waals surface area contributed by atoms with E-state index in [0.717, 1.165) is 7.11 Å². The van der Waals surface area contributed by atoms with Crippen LogP contribution in [-0.4, -0.2) is 36.3 Å². The third-order valence-corrected chi connectivity index (χ3v) is 2.43. The Morgan fingerprint density at radius 1 is 1.27 bits per heavy atom. The minimum atomic E-state index is -1.76. The molecule has 6 heteroatoms. The van der Waals surface area contributed by atoms with E-state index >= 15 is 0 Å². The Morgan fingerprint density at radius 3 is 2.13 bits per heavy atom. The van der Waals surface area contributed by atoms with Crippen molar-refractivity contribution in [3.63, 3.8) is 0 Å². The van der Waals surface area contributed by atoms with Crippen LogP contribution in [0.5, 0.6) is 0 Å². The fraction of sp³-hybridized carbons (Fsp3) is 0.667. The molecule has 15 heavy (non-hydrogen) atoms. The summed E-state index contributed by atoms with van der Waals surface area (Å²) >= 11 is 5.79. The lowest BCUT2D eigenvalue weighted by Gasteiger charge is -2.20. The third-order valence-electron chi connectivity index (χ3n) is 1.82. The number of halogens is 1. The van der Waals surface area contributed by atoms with Gasteiger partial charge in [0.1, 0.15) is 0 Å². The van der Waals surface area contributed by atoms with Gasteiger partial charge in [-0.3, -0.25) is 9.59 Å². The lowest BCUT2D eigenvalue weighted by atomic mass is 10.0. The van der Waals surface area contributed by atoms with Crippen molar-refractivity contribution in [1.29, 1.82) is 0 Å². The molecule has 0 rings (SSSR count). The topological polar surface area (TPSA) is 69.7 Å². The number of rotatable bonds is 5. The molecule has 0 saturated carbocycles. The molecule has 0 amide bonds. The predicted octanol–water partition coefficient (Wildman–Crippen LogP) is 0.679. The fourth-order valence-electron chi connectivity index (χ4n) is 0.919. The second kappa shape index (κ2) is 5.70. The van der Waals surface area contributed by atoms with E-state index in [4.69, 9.17) is 11.6 Å². The number of methoxy groups -OCH3 is 1. The molecule has 0 saturated heterocycles. The van der Waals surface area contributed by atoms with Gasteiger partial charge in [-0.05, 0) is 6.92 Å². The molecule has 0 aliphatic rings. The molecular formula is C9H13ClO5. The van der Waals surface area contributed by atoms with Crippen molar-refractivity contribution in [2.45, 2.75) is 25.1 Å². The second-order valence-corrected chi connectivity index (χ2v) is 3.58. The first kappa shape index (κ1) is 13.9. The van der Waals surface area contributed by atoms with Gasteiger partial charge in [-0.15, -0.1) is 0 Å². The molecule has 1 atom stereocenters. The first-order valence-corrected chi connectivity index (χ1v) is 4.64. The minimum absolute atomic E-state index is 0.101. The number of ketones is 1. The van der Waals surface area contributed by atoms with Crippen LogP contribution in [0.3, 0.4) is 0 Å². The Balaban J connectivity index is 4.46. The van der Waals surface area contributed by atoms with Crippen molar-refractivity contribution in [3.05, 3.63) is 0 Å². The highest BCUT2D eigenvalue weighted by Gasteiger charge is 2.42. The van der Waals surface area contributed by atoms with E-state index in [2.05, 4.69) is 9.47 Å². The molecule has 86 valence electrons. The van der Waals surface area contributed by atoms with Gasteiger partial charge in [-0.2, -0.15) is 0 Å². The van der Waals surface area contributed by atoms with Crippen LogP contribution in [0.2, 0.25) is 0 Å². The lowest BCUT2D eigenvalue weighted by molar-refractivity contribution is -0.150. The SMILES string of the molecule is COC(=O)C(Cl)(CCOC(C)=O)C(C)=O. The Labute approximate surface area is 92.7 Å². The van der Waals surface area contributed by atoms with Crippen molar-refractivity contribution >= 4 is 29.3 Å². The fourth-order valence-corrected chi connectivity index (χ4v) is 1.07. The summed E-state index contributed by atoms with van der Waals surface area (Å²) in [6.07, 6.45) is -0.101. The Morgan fingerprint density at radius 2 is 1.80 bits per heavy atom. The van der Waals surface area contributed by atoms with Crippen LogP contribution >= 0.6 is 11.6 Å². The molecule has 0 N–H and O–H groups in total. The Hall–Kier alpha value is -1.10. The van der Waals surface area contributed by atoms with Crippen LogP contribution in [-0.2, 0) is 23.9 Å². The van der Waals surface area contributed by atoms with Gasteiger partial charge in [0, 0.05) is 13.3 Å². The summed E-state index contributed by atoms with van der Waals surface area (Å²) < 4.78 is 9.00. The summed E-state index contributed by atoms with van der Waals surface area (Å²) in [5.41, 5.74) is 0. The Kier molecular flexibility index (Phi) is 5.28. The summed E-state index contributed by atoms with van der Waals surface area (Å²) in [5, 5.41) is 0. The molecule has 0 bridgehead atoms. The average Bonchev–Trinajstić information content (AvgIpc) is 2.15. The Bertz CT molecular complexity index is 276. The van der Waals surface area contributed by atoms with Crippen LogP contribution in [0.1, 0.15) is 20.3 Å². The van der Waals surface area contributed by atoms with Gasteiger partial charge < -0.3 is 9.47 Å². The van der Waals surface area contributed by atoms with Crippen molar-refractivity contribution in [2.24, 2.45) is 0 Å². The summed E-state index contributed by atoms with van der Waals surface area (Å²) in [5.74, 6) is -1.88. The van der Waals surface area contributed by atoms with Crippen LogP contribution in [0.25, 0.3) is 0 Å². The number of ether oxygens (including phenoxy) is 2. The second-order valence-electron chi connectivity index (χ2n) is 2.94. The minimum Gasteiger partial charge on any atom is -0.467 e. The highest BCUT2D eigenvalue weighted by atomic mass is 35.5. The molecule has 5 nitrogen and oxygen atoms in total. The first-order chi connectivity index (χ1) is 6.84. The van der Waals surface area contributed by atoms with Crippen LogP contribution in [0.4, 0.5) is 0 Å². The van der Waals surface area contributed by atoms with Crippen molar-refractivity contribution in [3.8, 4) is 0 Å². The molecule has 0 aliphatic heterocycles. The van der Waals surface area contributed by atoms with Gasteiger partial charge in [-0.1, -0.05) is 11.6 Å². The maximum Gasteiger partial charge on any atom is 0.334 e. The average molecular weight is 237 g/mol. The maximum absolute atomic E-state index is 11.2. The highest BCUT2D eigenvalue weighted by molar-refractivity contribution is 6.45. The van der Waals surface area contributed by atoms with Crippen molar-refractivity contribution in [1.82, 2.24) is 0 Å². The van der Waals surface area contributed by atoms with Gasteiger partial charge in [-0.25, -0.2) is 4.79 Å². The van der Waals surface area contributed by atoms with Crippen LogP contribution < -0.4 is 0 Å². The standard InChI is InChI=1S/C9H13ClO5/c1-6(11)9(10,8(13)14-3)4-5-15-7(2)12/h4-5H2,1-3H3. The summed E-state index contributed by atoms with van der Waals surface area (Å²) in [4.78, 5) is 31.1. The van der Waals surface area contributed by atoms with Gasteiger partial charge in [0.2, 0.25) is 4.87 Å². The maximum atomic E-state index is 11.2. The summed E-state index contributed by atoms with van der Waals surface area (Å²) in [6.45, 7) is 2.30. The molecule has 0 spiro atoms. The van der Waals surface area contributed by atoms with E-state index in [9.17, 15) is 14.4 Å². The van der Waals surface area contributed by atoms with E-state index < -0.39 is 22.6 Å². The van der Waals surface area contributed by atoms with Crippen molar-refractivity contribution < 1.29 is 23.9 Å². The van der Waals surface area contributed by atoms with Gasteiger partial charge in [0.25, 0.3) is 0 Å². The third kappa shape index (κ3) is 3.87. The monoisotopic (exact) mass is 236 g/mol. The lowest BCUT2D eigenvalue weighted by Crippen LogP contribution is -2.41. The zero-order valence-corrected chi connectivity index (χ0v) is 9.59. The van der Waals surface area contributed by atoms with Gasteiger partial charge in [0.05, 0.1) is 13.7 Å². The number of carbonyl (C=O) groups is 3. The molecule has 1 unspecified atom stereocenters. The number of carbonyl (C=O) groups excluding carboxylic acids is 3. The number of esters is 2. The molecule has 0 aromatic rings. The normalized spacial score (nSPS) is 13.9. The van der Waals surface area contributed by atoms with Crippen LogP contribution in [0.15, 0.2) is 0 Å². The van der Waals surface area contributed by atoms with E-state index in [-0.39, 0.29) is 13.0 Å². The van der Waals surface area contributed by atoms with E-state index in [1.54, 1.807) is 0 Å². The molecule has 0 radical (unpaired) electrons. The summed E-state index contributed by atoms with van der Waals surface area (Å²) in [7, 11) is 1.13. The van der Waals surface area contributed by atoms with E-state index in [1.165, 1.54) is 13.8 Å². The quantitative estimate of drug-likeness (QED) is 0.399. The molecule has 0 fully saturated rings. The number of Topliss-reactive ketones (excluding diaryl/α,β-unsaturated/α-hetero) is 1. The largest absolute Gasteiger partial charge is 0.467 e. The summed E-state index contributed by atoms with van der Waals surface area (Å²) in [6, 6.07) is 0. The van der Waals surface area contributed by atoms with Gasteiger partial charge >= 0.3 is 11.9 Å². The van der Waals surface area contributed by atoms with Crippen molar-refractivity contribution in [2.75, 3.05) is 13.7 Å². The van der Waals surface area contributed by atoms with Gasteiger partial charge in [0.15, 0.2) is 5.78 Å². The number of hydrogen-bond acceptors (Lipinski definition) is 5. The van der Waals surface area contributed by atoms with Crippen LogP contribution in [0, 0.1) is 0 Å². The zero-order valence-electron chi connectivity index (χ0n) is 8.83. The molecular weight excluding hydrogens is 224 g/mol. The van der Waals surface area contributed by atoms with E-state index in [0.29, 0.717) is 0 Å². The van der Waals surface area contributed by atoms with E-state index in [1.807, 2.05) is 0 Å². The number of hydrogen-bond donors (Lipinski definition) is 0. The molecule has 0 aromatic carbocycles. The molecule has 0 aromatic heterocycles. The number of alkyl halides is 1.